The van der Waals surface area contributed by atoms with E-state index in [-0.39, 0.29) is 11.3 Å². The lowest BCUT2D eigenvalue weighted by atomic mass is 9.79. The third kappa shape index (κ3) is 4.14. The molecule has 2 saturated heterocycles. The molecule has 2 aromatic rings. The number of amides is 1. The van der Waals surface area contributed by atoms with Crippen LogP contribution in [-0.2, 0) is 4.74 Å². The Hall–Kier alpha value is -1.98. The van der Waals surface area contributed by atoms with Crippen molar-refractivity contribution in [1.82, 2.24) is 15.2 Å². The minimum absolute atomic E-state index is 0.0157. The van der Waals surface area contributed by atoms with Crippen molar-refractivity contribution in [2.24, 2.45) is 5.41 Å². The normalized spacial score (nSPS) is 20.0. The van der Waals surface area contributed by atoms with Gasteiger partial charge in [-0.3, -0.25) is 9.78 Å². The van der Waals surface area contributed by atoms with E-state index >= 15 is 0 Å². The molecule has 0 unspecified atom stereocenters. The molecule has 0 spiro atoms. The number of likely N-dealkylation sites (tertiary alicyclic amines) is 1. The fourth-order valence-corrected chi connectivity index (χ4v) is 4.42. The fraction of sp³-hybridized carbons (Fsp3) is 0.545. The summed E-state index contributed by atoms with van der Waals surface area (Å²) in [6, 6.07) is 9.91. The first kappa shape index (κ1) is 18.4. The van der Waals surface area contributed by atoms with Crippen molar-refractivity contribution in [3.63, 3.8) is 0 Å². The van der Waals surface area contributed by atoms with Crippen molar-refractivity contribution in [2.75, 3.05) is 39.4 Å². The number of nitrogens with zero attached hydrogens (tertiary/aromatic N) is 2. The first-order chi connectivity index (χ1) is 13.2. The second kappa shape index (κ2) is 7.95. The van der Waals surface area contributed by atoms with E-state index in [9.17, 15) is 4.79 Å². The van der Waals surface area contributed by atoms with Crippen LogP contribution in [0.1, 0.15) is 41.7 Å². The number of carbonyl (C=O) groups is 1. The van der Waals surface area contributed by atoms with Gasteiger partial charge in [0.15, 0.2) is 0 Å². The first-order valence-corrected chi connectivity index (χ1v) is 10.1. The number of para-hydroxylation sites is 1. The monoisotopic (exact) mass is 367 g/mol. The smallest absolute Gasteiger partial charge is 0.253 e. The number of fused-ring (bicyclic) bond motifs is 1. The van der Waals surface area contributed by atoms with E-state index in [0.29, 0.717) is 12.1 Å². The van der Waals surface area contributed by atoms with Crippen LogP contribution in [0.4, 0.5) is 0 Å². The van der Waals surface area contributed by atoms with Crippen molar-refractivity contribution in [3.8, 4) is 0 Å². The zero-order chi connectivity index (χ0) is 18.7. The van der Waals surface area contributed by atoms with Crippen LogP contribution in [0.3, 0.4) is 0 Å². The Kier molecular flexibility index (Phi) is 5.41. The predicted molar refractivity (Wildman–Crippen MR) is 107 cm³/mol. The van der Waals surface area contributed by atoms with Gasteiger partial charge in [0.1, 0.15) is 0 Å². The molecule has 5 nitrogen and oxygen atoms in total. The second-order valence-corrected chi connectivity index (χ2v) is 8.09. The molecule has 0 atom stereocenters. The van der Waals surface area contributed by atoms with E-state index < -0.39 is 0 Å². The van der Waals surface area contributed by atoms with Gasteiger partial charge in [-0.25, -0.2) is 0 Å². The molecule has 5 heteroatoms. The molecule has 0 bridgehead atoms. The standard InChI is InChI=1S/C22H29N3O2/c1-17-19(14-18-6-2-3-7-20(18)24-17)21(26)23-15-22(8-12-27-13-9-22)16-25-10-4-5-11-25/h2-3,6-7,14H,4-5,8-13,15-16H2,1H3,(H,23,26). The SMILES string of the molecule is Cc1nc2ccccc2cc1C(=O)NCC1(CN2CCCC2)CCOCC1. The molecule has 2 aliphatic heterocycles. The summed E-state index contributed by atoms with van der Waals surface area (Å²) in [6.45, 7) is 7.63. The van der Waals surface area contributed by atoms with Crippen LogP contribution in [0.15, 0.2) is 30.3 Å². The number of ether oxygens (including phenoxy) is 1. The zero-order valence-electron chi connectivity index (χ0n) is 16.2. The van der Waals surface area contributed by atoms with Crippen molar-refractivity contribution >= 4 is 16.8 Å². The third-order valence-corrected chi connectivity index (χ3v) is 6.09. The summed E-state index contributed by atoms with van der Waals surface area (Å²) in [5, 5.41) is 4.23. The van der Waals surface area contributed by atoms with Crippen LogP contribution in [0.5, 0.6) is 0 Å². The number of nitrogens with one attached hydrogen (secondary N) is 1. The molecule has 2 aliphatic rings. The van der Waals surface area contributed by atoms with Crippen LogP contribution in [0, 0.1) is 12.3 Å². The highest BCUT2D eigenvalue weighted by Crippen LogP contribution is 2.32. The fourth-order valence-electron chi connectivity index (χ4n) is 4.42. The molecule has 1 amide bonds. The maximum absolute atomic E-state index is 12.9. The van der Waals surface area contributed by atoms with E-state index in [2.05, 4.69) is 15.2 Å². The van der Waals surface area contributed by atoms with E-state index in [0.717, 1.165) is 49.2 Å². The molecule has 0 aliphatic carbocycles. The summed E-state index contributed by atoms with van der Waals surface area (Å²) in [6.07, 6.45) is 4.61. The Bertz CT molecular complexity index is 808. The summed E-state index contributed by atoms with van der Waals surface area (Å²) in [4.78, 5) is 20.1. The average Bonchev–Trinajstić information content (AvgIpc) is 3.19. The number of pyridine rings is 1. The lowest BCUT2D eigenvalue weighted by molar-refractivity contribution is -0.000634. The molecular formula is C22H29N3O2. The number of hydrogen-bond donors (Lipinski definition) is 1. The maximum atomic E-state index is 12.9. The Balaban J connectivity index is 1.48. The third-order valence-electron chi connectivity index (χ3n) is 6.09. The Morgan fingerprint density at radius 1 is 1.22 bits per heavy atom. The van der Waals surface area contributed by atoms with Crippen LogP contribution >= 0.6 is 0 Å². The number of hydrogen-bond acceptors (Lipinski definition) is 4. The van der Waals surface area contributed by atoms with Crippen molar-refractivity contribution in [3.05, 3.63) is 41.6 Å². The molecule has 1 aromatic heterocycles. The minimum atomic E-state index is -0.0157. The van der Waals surface area contributed by atoms with Gasteiger partial charge in [0.05, 0.1) is 16.8 Å². The molecule has 0 saturated carbocycles. The summed E-state index contributed by atoms with van der Waals surface area (Å²) >= 11 is 0. The lowest BCUT2D eigenvalue weighted by Gasteiger charge is -2.40. The molecule has 144 valence electrons. The Labute approximate surface area is 161 Å². The zero-order valence-corrected chi connectivity index (χ0v) is 16.2. The summed E-state index contributed by atoms with van der Waals surface area (Å²) in [7, 11) is 0. The molecule has 3 heterocycles. The summed E-state index contributed by atoms with van der Waals surface area (Å²) in [5.74, 6) is -0.0157. The van der Waals surface area contributed by atoms with Gasteiger partial charge in [0.2, 0.25) is 0 Å². The van der Waals surface area contributed by atoms with Gasteiger partial charge in [-0.15, -0.1) is 0 Å². The van der Waals surface area contributed by atoms with E-state index in [1.807, 2.05) is 37.3 Å². The molecule has 2 fully saturated rings. The minimum Gasteiger partial charge on any atom is -0.381 e. The summed E-state index contributed by atoms with van der Waals surface area (Å²) in [5.41, 5.74) is 2.52. The maximum Gasteiger partial charge on any atom is 0.253 e. The Morgan fingerprint density at radius 3 is 2.74 bits per heavy atom. The van der Waals surface area contributed by atoms with Gasteiger partial charge < -0.3 is 15.0 Å². The van der Waals surface area contributed by atoms with Crippen LogP contribution in [-0.4, -0.2) is 55.2 Å². The number of benzene rings is 1. The molecule has 1 aromatic carbocycles. The summed E-state index contributed by atoms with van der Waals surface area (Å²) < 4.78 is 5.61. The molecule has 4 rings (SSSR count). The first-order valence-electron chi connectivity index (χ1n) is 10.1. The number of rotatable bonds is 5. The van der Waals surface area contributed by atoms with Gasteiger partial charge in [0, 0.05) is 37.1 Å². The predicted octanol–water partition coefficient (Wildman–Crippen LogP) is 3.17. The number of aromatic nitrogens is 1. The highest BCUT2D eigenvalue weighted by Gasteiger charge is 2.35. The average molecular weight is 367 g/mol. The van der Waals surface area contributed by atoms with Gasteiger partial charge in [-0.05, 0) is 57.8 Å². The van der Waals surface area contributed by atoms with Gasteiger partial charge >= 0.3 is 0 Å². The largest absolute Gasteiger partial charge is 0.381 e. The topological polar surface area (TPSA) is 54.5 Å². The number of carbonyl (C=O) groups excluding carboxylic acids is 1. The van der Waals surface area contributed by atoms with Crippen LogP contribution < -0.4 is 5.32 Å². The van der Waals surface area contributed by atoms with E-state index in [1.54, 1.807) is 0 Å². The van der Waals surface area contributed by atoms with Crippen LogP contribution in [0.25, 0.3) is 10.9 Å². The molecular weight excluding hydrogens is 338 g/mol. The quantitative estimate of drug-likeness (QED) is 0.882. The van der Waals surface area contributed by atoms with E-state index in [1.165, 1.54) is 25.9 Å². The highest BCUT2D eigenvalue weighted by molar-refractivity contribution is 5.98. The molecule has 0 radical (unpaired) electrons. The van der Waals surface area contributed by atoms with Gasteiger partial charge in [0.25, 0.3) is 5.91 Å². The van der Waals surface area contributed by atoms with Gasteiger partial charge in [-0.2, -0.15) is 0 Å². The molecule has 1 N–H and O–H groups in total. The Morgan fingerprint density at radius 2 is 1.96 bits per heavy atom. The van der Waals surface area contributed by atoms with E-state index in [4.69, 9.17) is 4.74 Å². The lowest BCUT2D eigenvalue weighted by Crippen LogP contribution is -2.48. The van der Waals surface area contributed by atoms with Crippen molar-refractivity contribution < 1.29 is 9.53 Å². The van der Waals surface area contributed by atoms with Gasteiger partial charge in [-0.1, -0.05) is 18.2 Å². The van der Waals surface area contributed by atoms with Crippen molar-refractivity contribution in [1.29, 1.82) is 0 Å². The number of aryl methyl sites for hydroxylation is 1. The van der Waals surface area contributed by atoms with Crippen molar-refractivity contribution in [2.45, 2.75) is 32.6 Å². The van der Waals surface area contributed by atoms with Crippen LogP contribution in [0.2, 0.25) is 0 Å². The molecule has 27 heavy (non-hydrogen) atoms. The highest BCUT2D eigenvalue weighted by atomic mass is 16.5. The second-order valence-electron chi connectivity index (χ2n) is 8.09.